The van der Waals surface area contributed by atoms with Crippen LogP contribution in [0.2, 0.25) is 0 Å². The Balaban J connectivity index is 1.75. The highest BCUT2D eigenvalue weighted by Crippen LogP contribution is 2.24. The molecule has 0 spiro atoms. The molecule has 3 N–H and O–H groups in total. The number of hydrogen-bond donors (Lipinski definition) is 2. The Morgan fingerprint density at radius 3 is 2.78 bits per heavy atom. The fourth-order valence-corrected chi connectivity index (χ4v) is 3.03. The minimum atomic E-state index is -3.98. The zero-order valence-corrected chi connectivity index (χ0v) is 13.2. The molecule has 8 heteroatoms. The highest BCUT2D eigenvalue weighted by atomic mass is 32.2. The standard InChI is InChI=1S/C15H16N2O5S/c1-9-12(7-14(22-9)23(16,19)20)15(18)17-11-6-10-4-2-3-5-13(10)21-8-11/h2-5,7,11H,6,8H2,1H3,(H,17,18)(H2,16,19,20)/t11-/m0/s1. The van der Waals surface area contributed by atoms with Crippen molar-refractivity contribution in [1.29, 1.82) is 0 Å². The molecule has 0 fully saturated rings. The van der Waals surface area contributed by atoms with Crippen LogP contribution in [-0.2, 0) is 16.4 Å². The van der Waals surface area contributed by atoms with Gasteiger partial charge in [0.05, 0.1) is 11.6 Å². The second kappa shape index (κ2) is 5.71. The monoisotopic (exact) mass is 336 g/mol. The normalized spacial score (nSPS) is 17.2. The summed E-state index contributed by atoms with van der Waals surface area (Å²) in [7, 11) is -3.98. The van der Waals surface area contributed by atoms with Gasteiger partial charge in [0.1, 0.15) is 18.1 Å². The van der Waals surface area contributed by atoms with Crippen LogP contribution < -0.4 is 15.2 Å². The zero-order valence-electron chi connectivity index (χ0n) is 12.4. The number of sulfonamides is 1. The molecule has 2 heterocycles. The number of benzene rings is 1. The van der Waals surface area contributed by atoms with Gasteiger partial charge in [0.25, 0.3) is 15.9 Å². The van der Waals surface area contributed by atoms with Gasteiger partial charge < -0.3 is 14.5 Å². The van der Waals surface area contributed by atoms with Crippen LogP contribution in [0.3, 0.4) is 0 Å². The van der Waals surface area contributed by atoms with E-state index in [4.69, 9.17) is 14.3 Å². The van der Waals surface area contributed by atoms with Crippen LogP contribution in [0.5, 0.6) is 5.75 Å². The Bertz CT molecular complexity index is 857. The molecular formula is C15H16N2O5S. The lowest BCUT2D eigenvalue weighted by Gasteiger charge is -2.25. The molecule has 7 nitrogen and oxygen atoms in total. The van der Waals surface area contributed by atoms with E-state index in [9.17, 15) is 13.2 Å². The maximum atomic E-state index is 12.3. The predicted molar refractivity (Wildman–Crippen MR) is 81.7 cm³/mol. The molecule has 0 unspecified atom stereocenters. The lowest BCUT2D eigenvalue weighted by Crippen LogP contribution is -2.42. The number of ether oxygens (including phenoxy) is 1. The number of nitrogens with one attached hydrogen (secondary N) is 1. The number of amides is 1. The molecule has 1 aliphatic rings. The first-order valence-electron chi connectivity index (χ1n) is 6.99. The molecule has 2 aromatic rings. The molecule has 1 aromatic heterocycles. The summed E-state index contributed by atoms with van der Waals surface area (Å²) in [6.07, 6.45) is 0.640. The fraction of sp³-hybridized carbons (Fsp3) is 0.267. The number of nitrogens with two attached hydrogens (primary N) is 1. The van der Waals surface area contributed by atoms with E-state index in [0.29, 0.717) is 13.0 Å². The second-order valence-corrected chi connectivity index (χ2v) is 6.87. The maximum Gasteiger partial charge on any atom is 0.271 e. The summed E-state index contributed by atoms with van der Waals surface area (Å²) in [5.41, 5.74) is 1.16. The van der Waals surface area contributed by atoms with E-state index in [0.717, 1.165) is 17.4 Å². The molecule has 3 rings (SSSR count). The van der Waals surface area contributed by atoms with Crippen molar-refractivity contribution in [2.75, 3.05) is 6.61 Å². The highest BCUT2D eigenvalue weighted by Gasteiger charge is 2.25. The molecule has 1 aliphatic heterocycles. The number of para-hydroxylation sites is 1. The van der Waals surface area contributed by atoms with Gasteiger partial charge in [-0.2, -0.15) is 0 Å². The van der Waals surface area contributed by atoms with Crippen molar-refractivity contribution in [2.24, 2.45) is 5.14 Å². The van der Waals surface area contributed by atoms with Gasteiger partial charge in [0.15, 0.2) is 0 Å². The number of aryl methyl sites for hydroxylation is 1. The SMILES string of the molecule is Cc1oc(S(N)(=O)=O)cc1C(=O)N[C@@H]1COc2ccccc2C1. The van der Waals surface area contributed by atoms with Crippen LogP contribution in [0.25, 0.3) is 0 Å². The summed E-state index contributed by atoms with van der Waals surface area (Å²) < 4.78 is 33.2. The summed E-state index contributed by atoms with van der Waals surface area (Å²) in [6, 6.07) is 8.55. The van der Waals surface area contributed by atoms with Gasteiger partial charge >= 0.3 is 0 Å². The molecule has 23 heavy (non-hydrogen) atoms. The summed E-state index contributed by atoms with van der Waals surface area (Å²) in [4.78, 5) is 12.3. The Morgan fingerprint density at radius 2 is 2.09 bits per heavy atom. The molecule has 1 atom stereocenters. The summed E-state index contributed by atoms with van der Waals surface area (Å²) in [5.74, 6) is 0.590. The third-order valence-corrected chi connectivity index (χ3v) is 4.40. The van der Waals surface area contributed by atoms with Crippen molar-refractivity contribution >= 4 is 15.9 Å². The average Bonchev–Trinajstić information content (AvgIpc) is 2.89. The molecule has 122 valence electrons. The zero-order chi connectivity index (χ0) is 16.6. The first-order valence-corrected chi connectivity index (χ1v) is 8.54. The average molecular weight is 336 g/mol. The molecule has 1 amide bonds. The van der Waals surface area contributed by atoms with E-state index < -0.39 is 21.0 Å². The molecule has 0 aliphatic carbocycles. The molecule has 1 aromatic carbocycles. The first-order chi connectivity index (χ1) is 10.8. The molecule has 0 saturated carbocycles. The van der Waals surface area contributed by atoms with E-state index in [1.165, 1.54) is 6.92 Å². The molecule has 0 radical (unpaired) electrons. The lowest BCUT2D eigenvalue weighted by atomic mass is 10.0. The van der Waals surface area contributed by atoms with Crippen LogP contribution in [0.15, 0.2) is 39.8 Å². The number of hydrogen-bond acceptors (Lipinski definition) is 5. The number of carbonyl (C=O) groups excluding carboxylic acids is 1. The van der Waals surface area contributed by atoms with Crippen LogP contribution in [0, 0.1) is 6.92 Å². The smallest absolute Gasteiger partial charge is 0.271 e. The van der Waals surface area contributed by atoms with Crippen molar-refractivity contribution < 1.29 is 22.4 Å². The first kappa shape index (κ1) is 15.6. The lowest BCUT2D eigenvalue weighted by molar-refractivity contribution is 0.0914. The summed E-state index contributed by atoms with van der Waals surface area (Å²) in [5, 5.41) is 7.40. The summed E-state index contributed by atoms with van der Waals surface area (Å²) >= 11 is 0. The van der Waals surface area contributed by atoms with Crippen molar-refractivity contribution in [1.82, 2.24) is 5.32 Å². The van der Waals surface area contributed by atoms with Gasteiger partial charge in [-0.1, -0.05) is 18.2 Å². The minimum Gasteiger partial charge on any atom is -0.491 e. The Hall–Kier alpha value is -2.32. The van der Waals surface area contributed by atoms with E-state index in [-0.39, 0.29) is 17.4 Å². The minimum absolute atomic E-state index is 0.146. The van der Waals surface area contributed by atoms with Gasteiger partial charge in [0.2, 0.25) is 5.09 Å². The Kier molecular flexibility index (Phi) is 3.87. The van der Waals surface area contributed by atoms with Crippen LogP contribution in [-0.4, -0.2) is 27.0 Å². The topological polar surface area (TPSA) is 112 Å². The van der Waals surface area contributed by atoms with E-state index in [1.807, 2.05) is 24.3 Å². The molecular weight excluding hydrogens is 320 g/mol. The van der Waals surface area contributed by atoms with Crippen molar-refractivity contribution in [2.45, 2.75) is 24.5 Å². The number of carbonyl (C=O) groups is 1. The van der Waals surface area contributed by atoms with Crippen LogP contribution >= 0.6 is 0 Å². The second-order valence-electron chi connectivity index (χ2n) is 5.37. The van der Waals surface area contributed by atoms with Crippen molar-refractivity contribution in [3.05, 3.63) is 47.2 Å². The number of furan rings is 1. The largest absolute Gasteiger partial charge is 0.491 e. The van der Waals surface area contributed by atoms with E-state index in [1.54, 1.807) is 0 Å². The summed E-state index contributed by atoms with van der Waals surface area (Å²) in [6.45, 7) is 1.86. The van der Waals surface area contributed by atoms with Gasteiger partial charge in [-0.05, 0) is 25.0 Å². The van der Waals surface area contributed by atoms with Gasteiger partial charge in [-0.3, -0.25) is 4.79 Å². The maximum absolute atomic E-state index is 12.3. The van der Waals surface area contributed by atoms with E-state index >= 15 is 0 Å². The fourth-order valence-electron chi connectivity index (χ4n) is 2.50. The number of primary sulfonamides is 1. The third-order valence-electron chi connectivity index (χ3n) is 3.63. The highest BCUT2D eigenvalue weighted by molar-refractivity contribution is 7.89. The van der Waals surface area contributed by atoms with Crippen LogP contribution in [0.4, 0.5) is 0 Å². The molecule has 0 saturated heterocycles. The van der Waals surface area contributed by atoms with Crippen molar-refractivity contribution in [3.8, 4) is 5.75 Å². The van der Waals surface area contributed by atoms with Crippen LogP contribution in [0.1, 0.15) is 21.7 Å². The van der Waals surface area contributed by atoms with Crippen molar-refractivity contribution in [3.63, 3.8) is 0 Å². The number of fused-ring (bicyclic) bond motifs is 1. The Labute approximate surface area is 133 Å². The Morgan fingerprint density at radius 1 is 1.35 bits per heavy atom. The van der Waals surface area contributed by atoms with Gasteiger partial charge in [-0.15, -0.1) is 0 Å². The van der Waals surface area contributed by atoms with Gasteiger partial charge in [-0.25, -0.2) is 13.6 Å². The third kappa shape index (κ3) is 3.22. The quantitative estimate of drug-likeness (QED) is 0.867. The van der Waals surface area contributed by atoms with E-state index in [2.05, 4.69) is 5.32 Å². The molecule has 0 bridgehead atoms. The van der Waals surface area contributed by atoms with Gasteiger partial charge in [0, 0.05) is 6.07 Å². The predicted octanol–water partition coefficient (Wildman–Crippen LogP) is 0.969. The number of rotatable bonds is 3.